The molecule has 0 saturated heterocycles. The van der Waals surface area contributed by atoms with E-state index in [1.54, 1.807) is 6.08 Å². The lowest BCUT2D eigenvalue weighted by atomic mass is 10.1. The summed E-state index contributed by atoms with van der Waals surface area (Å²) >= 11 is 0. The fourth-order valence-electron chi connectivity index (χ4n) is 2.36. The predicted molar refractivity (Wildman–Crippen MR) is 89.9 cm³/mol. The van der Waals surface area contributed by atoms with Crippen molar-refractivity contribution in [3.63, 3.8) is 0 Å². The van der Waals surface area contributed by atoms with E-state index in [1.807, 2.05) is 30.6 Å². The Labute approximate surface area is 131 Å². The Bertz CT molecular complexity index is 643. The molecule has 1 aromatic carbocycles. The van der Waals surface area contributed by atoms with E-state index in [2.05, 4.69) is 41.4 Å². The molecule has 0 aliphatic carbocycles. The Balaban J connectivity index is 2.06. The number of hydrogen-bond donors (Lipinski definition) is 1. The Morgan fingerprint density at radius 3 is 3.00 bits per heavy atom. The monoisotopic (exact) mass is 297 g/mol. The summed E-state index contributed by atoms with van der Waals surface area (Å²) in [6, 6.07) is 7.94. The molecule has 0 aliphatic heterocycles. The van der Waals surface area contributed by atoms with Crippen molar-refractivity contribution in [1.82, 2.24) is 9.55 Å². The van der Waals surface area contributed by atoms with E-state index in [0.29, 0.717) is 18.8 Å². The Kier molecular flexibility index (Phi) is 5.53. The van der Waals surface area contributed by atoms with Crippen LogP contribution in [0.1, 0.15) is 44.0 Å². The molecule has 1 aromatic heterocycles. The highest BCUT2D eigenvalue weighted by Crippen LogP contribution is 2.16. The molecule has 2 rings (SSSR count). The van der Waals surface area contributed by atoms with Gasteiger partial charge in [-0.15, -0.1) is 6.58 Å². The number of amides is 1. The summed E-state index contributed by atoms with van der Waals surface area (Å²) in [5.74, 6) is 1.47. The average molecular weight is 297 g/mol. The number of hydrogen-bond acceptors (Lipinski definition) is 2. The molecule has 0 unspecified atom stereocenters. The minimum absolute atomic E-state index is 0.0163. The van der Waals surface area contributed by atoms with Crippen LogP contribution in [0.5, 0.6) is 0 Å². The maximum Gasteiger partial charge on any atom is 0.224 e. The van der Waals surface area contributed by atoms with Gasteiger partial charge in [-0.2, -0.15) is 0 Å². The van der Waals surface area contributed by atoms with Crippen LogP contribution in [0.25, 0.3) is 0 Å². The second-order valence-corrected chi connectivity index (χ2v) is 5.64. The van der Waals surface area contributed by atoms with Gasteiger partial charge in [0.15, 0.2) is 0 Å². The molecule has 0 spiro atoms. The normalized spacial score (nSPS) is 10.7. The van der Waals surface area contributed by atoms with Crippen molar-refractivity contribution < 1.29 is 4.79 Å². The van der Waals surface area contributed by atoms with Gasteiger partial charge in [0.25, 0.3) is 0 Å². The molecule has 1 heterocycles. The van der Waals surface area contributed by atoms with Crippen molar-refractivity contribution in [2.24, 2.45) is 0 Å². The van der Waals surface area contributed by atoms with Gasteiger partial charge in [0.2, 0.25) is 5.91 Å². The van der Waals surface area contributed by atoms with Crippen LogP contribution < -0.4 is 5.32 Å². The topological polar surface area (TPSA) is 46.9 Å². The molecule has 0 atom stereocenters. The Morgan fingerprint density at radius 2 is 2.27 bits per heavy atom. The Morgan fingerprint density at radius 1 is 1.45 bits per heavy atom. The Hall–Kier alpha value is -2.36. The van der Waals surface area contributed by atoms with E-state index in [4.69, 9.17) is 0 Å². The average Bonchev–Trinajstić information content (AvgIpc) is 2.94. The van der Waals surface area contributed by atoms with Gasteiger partial charge < -0.3 is 9.88 Å². The predicted octanol–water partition coefficient (Wildman–Crippen LogP) is 3.96. The largest absolute Gasteiger partial charge is 0.330 e. The molecule has 0 saturated carbocycles. The van der Waals surface area contributed by atoms with Crippen molar-refractivity contribution >= 4 is 11.6 Å². The van der Waals surface area contributed by atoms with Crippen molar-refractivity contribution in [2.45, 2.75) is 39.2 Å². The first-order valence-corrected chi connectivity index (χ1v) is 7.61. The lowest BCUT2D eigenvalue weighted by Gasteiger charge is -2.11. The second kappa shape index (κ2) is 7.59. The lowest BCUT2D eigenvalue weighted by molar-refractivity contribution is -0.116. The van der Waals surface area contributed by atoms with Crippen molar-refractivity contribution in [3.8, 4) is 0 Å². The summed E-state index contributed by atoms with van der Waals surface area (Å²) in [4.78, 5) is 16.2. The molecule has 0 radical (unpaired) electrons. The summed E-state index contributed by atoms with van der Waals surface area (Å²) in [6.07, 6.45) is 6.73. The van der Waals surface area contributed by atoms with Crippen LogP contribution in [0.15, 0.2) is 49.3 Å². The van der Waals surface area contributed by atoms with Crippen LogP contribution in [0.2, 0.25) is 0 Å². The van der Waals surface area contributed by atoms with Crippen LogP contribution in [0, 0.1) is 0 Å². The highest BCUT2D eigenvalue weighted by atomic mass is 16.1. The first kappa shape index (κ1) is 16.0. The number of benzene rings is 1. The third kappa shape index (κ3) is 4.32. The molecule has 4 heteroatoms. The van der Waals surface area contributed by atoms with Gasteiger partial charge >= 0.3 is 0 Å². The van der Waals surface area contributed by atoms with Gasteiger partial charge in [-0.05, 0) is 24.1 Å². The molecule has 0 fully saturated rings. The smallest absolute Gasteiger partial charge is 0.224 e. The third-order valence-electron chi connectivity index (χ3n) is 3.40. The minimum atomic E-state index is 0.0163. The molecule has 1 N–H and O–H groups in total. The third-order valence-corrected chi connectivity index (χ3v) is 3.40. The molecular weight excluding hydrogens is 274 g/mol. The molecule has 116 valence electrons. The number of nitrogens with one attached hydrogen (secondary N) is 1. The van der Waals surface area contributed by atoms with E-state index in [9.17, 15) is 4.79 Å². The molecule has 22 heavy (non-hydrogen) atoms. The highest BCUT2D eigenvalue weighted by Gasteiger charge is 2.08. The zero-order valence-electron chi connectivity index (χ0n) is 13.2. The number of carbonyl (C=O) groups is 1. The first-order valence-electron chi connectivity index (χ1n) is 7.61. The molecular formula is C18H23N3O. The van der Waals surface area contributed by atoms with Crippen LogP contribution in [-0.2, 0) is 11.3 Å². The number of carbonyl (C=O) groups excluding carboxylic acids is 1. The maximum absolute atomic E-state index is 11.8. The van der Waals surface area contributed by atoms with Gasteiger partial charge in [-0.3, -0.25) is 4.79 Å². The number of allylic oxidation sites excluding steroid dienone is 1. The number of rotatable bonds is 7. The van der Waals surface area contributed by atoms with E-state index >= 15 is 0 Å². The molecule has 0 bridgehead atoms. The van der Waals surface area contributed by atoms with Crippen LogP contribution in [0.4, 0.5) is 5.69 Å². The van der Waals surface area contributed by atoms with Crippen molar-refractivity contribution in [1.29, 1.82) is 0 Å². The summed E-state index contributed by atoms with van der Waals surface area (Å²) < 4.78 is 2.14. The van der Waals surface area contributed by atoms with Crippen LogP contribution in [-0.4, -0.2) is 15.5 Å². The summed E-state index contributed by atoms with van der Waals surface area (Å²) in [5.41, 5.74) is 1.97. The van der Waals surface area contributed by atoms with Crippen LogP contribution in [0.3, 0.4) is 0 Å². The number of imidazole rings is 1. The van der Waals surface area contributed by atoms with Crippen molar-refractivity contribution in [3.05, 3.63) is 60.7 Å². The molecule has 4 nitrogen and oxygen atoms in total. The quantitative estimate of drug-likeness (QED) is 0.786. The lowest BCUT2D eigenvalue weighted by Crippen LogP contribution is -2.11. The van der Waals surface area contributed by atoms with E-state index in [0.717, 1.165) is 23.6 Å². The summed E-state index contributed by atoms with van der Waals surface area (Å²) in [7, 11) is 0. The summed E-state index contributed by atoms with van der Waals surface area (Å²) in [5, 5.41) is 2.92. The summed E-state index contributed by atoms with van der Waals surface area (Å²) in [6.45, 7) is 8.65. The van der Waals surface area contributed by atoms with Gasteiger partial charge in [0.1, 0.15) is 5.82 Å². The van der Waals surface area contributed by atoms with Gasteiger partial charge in [0, 0.05) is 37.0 Å². The standard InChI is InChI=1S/C18H23N3O/c1-4-5-9-17(22)20-16-8-6-7-15(12-16)13-21-11-10-19-18(21)14(2)3/h4,6-8,10-12,14H,1,5,9,13H2,2-3H3,(H,20,22). The fourth-order valence-corrected chi connectivity index (χ4v) is 2.36. The maximum atomic E-state index is 11.8. The minimum Gasteiger partial charge on any atom is -0.330 e. The van der Waals surface area contributed by atoms with E-state index < -0.39 is 0 Å². The zero-order chi connectivity index (χ0) is 15.9. The fraction of sp³-hybridized carbons (Fsp3) is 0.333. The van der Waals surface area contributed by atoms with Gasteiger partial charge in [-0.1, -0.05) is 32.1 Å². The van der Waals surface area contributed by atoms with Crippen LogP contribution >= 0.6 is 0 Å². The molecule has 0 aliphatic rings. The SMILES string of the molecule is C=CCCC(=O)Nc1cccc(Cn2ccnc2C(C)C)c1. The van der Waals surface area contributed by atoms with Gasteiger partial charge in [-0.25, -0.2) is 4.98 Å². The first-order chi connectivity index (χ1) is 10.6. The molecule has 2 aromatic rings. The number of aromatic nitrogens is 2. The second-order valence-electron chi connectivity index (χ2n) is 5.64. The zero-order valence-corrected chi connectivity index (χ0v) is 13.2. The van der Waals surface area contributed by atoms with E-state index in [1.165, 1.54) is 0 Å². The molecule has 1 amide bonds. The number of anilines is 1. The van der Waals surface area contributed by atoms with E-state index in [-0.39, 0.29) is 5.91 Å². The van der Waals surface area contributed by atoms with Crippen molar-refractivity contribution in [2.75, 3.05) is 5.32 Å². The number of nitrogens with zero attached hydrogens (tertiary/aromatic N) is 2. The highest BCUT2D eigenvalue weighted by molar-refractivity contribution is 5.90. The van der Waals surface area contributed by atoms with Gasteiger partial charge in [0.05, 0.1) is 0 Å².